The van der Waals surface area contributed by atoms with Crippen LogP contribution in [0.5, 0.6) is 0 Å². The minimum atomic E-state index is -4.60. The van der Waals surface area contributed by atoms with Gasteiger partial charge in [0.1, 0.15) is 5.00 Å². The molecule has 0 unspecified atom stereocenters. The molecular weight excluding hydrogens is 517 g/mol. The molecule has 10 nitrogen and oxygen atoms in total. The maximum absolute atomic E-state index is 13.4. The Hall–Kier alpha value is -4.59. The Morgan fingerprint density at radius 3 is 2.51 bits per heavy atom. The zero-order valence-corrected chi connectivity index (χ0v) is 19.6. The van der Waals surface area contributed by atoms with Crippen molar-refractivity contribution in [3.05, 3.63) is 91.2 Å². The number of nitrogens with zero attached hydrogens (tertiary/aromatic N) is 3. The van der Waals surface area contributed by atoms with Gasteiger partial charge in [0.05, 0.1) is 28.2 Å². The third kappa shape index (κ3) is 5.04. The van der Waals surface area contributed by atoms with Gasteiger partial charge in [0, 0.05) is 28.5 Å². The van der Waals surface area contributed by atoms with Crippen LogP contribution in [0.15, 0.2) is 58.7 Å². The summed E-state index contributed by atoms with van der Waals surface area (Å²) in [4.78, 5) is 49.1. The van der Waals surface area contributed by atoms with Crippen LogP contribution >= 0.6 is 11.3 Å². The van der Waals surface area contributed by atoms with E-state index in [0.29, 0.717) is 0 Å². The highest BCUT2D eigenvalue weighted by Gasteiger charge is 2.30. The number of hydrogen-bond acceptors (Lipinski definition) is 8. The molecular formula is C23H15F3N4O6S. The Labute approximate surface area is 209 Å². The van der Waals surface area contributed by atoms with E-state index in [9.17, 15) is 37.7 Å². The lowest BCUT2D eigenvalue weighted by molar-refractivity contribution is -0.384. The normalized spacial score (nSPS) is 11.4. The zero-order chi connectivity index (χ0) is 26.9. The van der Waals surface area contributed by atoms with Gasteiger partial charge in [-0.25, -0.2) is 4.79 Å². The predicted molar refractivity (Wildman–Crippen MR) is 127 cm³/mol. The van der Waals surface area contributed by atoms with Crippen LogP contribution in [0.3, 0.4) is 0 Å². The summed E-state index contributed by atoms with van der Waals surface area (Å²) in [5, 5.41) is 18.9. The first-order valence-electron chi connectivity index (χ1n) is 10.5. The number of amides is 1. The molecule has 190 valence electrons. The molecule has 14 heteroatoms. The van der Waals surface area contributed by atoms with Gasteiger partial charge in [0.2, 0.25) is 0 Å². The van der Waals surface area contributed by atoms with Crippen molar-refractivity contribution in [1.82, 2.24) is 9.78 Å². The molecule has 2 aromatic carbocycles. The van der Waals surface area contributed by atoms with Gasteiger partial charge in [-0.2, -0.15) is 23.0 Å². The maximum Gasteiger partial charge on any atom is 0.416 e. The number of carbonyl (C=O) groups is 2. The van der Waals surface area contributed by atoms with Crippen LogP contribution in [0.2, 0.25) is 0 Å². The molecule has 37 heavy (non-hydrogen) atoms. The molecule has 1 N–H and O–H groups in total. The number of anilines is 1. The largest absolute Gasteiger partial charge is 0.461 e. The number of fused-ring (bicyclic) bond motifs is 1. The second-order valence-electron chi connectivity index (χ2n) is 7.45. The highest BCUT2D eigenvalue weighted by molar-refractivity contribution is 7.16. The van der Waals surface area contributed by atoms with Gasteiger partial charge in [-0.1, -0.05) is 6.07 Å². The maximum atomic E-state index is 13.4. The lowest BCUT2D eigenvalue weighted by Crippen LogP contribution is -2.25. The van der Waals surface area contributed by atoms with Crippen molar-refractivity contribution >= 4 is 44.7 Å². The summed E-state index contributed by atoms with van der Waals surface area (Å²) in [5.74, 6) is -1.65. The fourth-order valence-corrected chi connectivity index (χ4v) is 4.33. The van der Waals surface area contributed by atoms with Gasteiger partial charge in [0.15, 0.2) is 5.69 Å². The Morgan fingerprint density at radius 2 is 1.89 bits per heavy atom. The van der Waals surface area contributed by atoms with E-state index in [4.69, 9.17) is 4.74 Å². The van der Waals surface area contributed by atoms with E-state index < -0.39 is 34.1 Å². The van der Waals surface area contributed by atoms with Crippen molar-refractivity contribution < 1.29 is 32.4 Å². The van der Waals surface area contributed by atoms with E-state index in [1.807, 2.05) is 0 Å². The number of aromatic nitrogens is 2. The van der Waals surface area contributed by atoms with Gasteiger partial charge in [-0.05, 0) is 37.3 Å². The van der Waals surface area contributed by atoms with Crippen molar-refractivity contribution in [2.45, 2.75) is 13.1 Å². The number of esters is 1. The van der Waals surface area contributed by atoms with Crippen LogP contribution < -0.4 is 10.9 Å². The van der Waals surface area contributed by atoms with Crippen molar-refractivity contribution in [2.75, 3.05) is 11.9 Å². The highest BCUT2D eigenvalue weighted by atomic mass is 32.1. The van der Waals surface area contributed by atoms with Gasteiger partial charge in [0.25, 0.3) is 17.2 Å². The highest BCUT2D eigenvalue weighted by Crippen LogP contribution is 2.32. The van der Waals surface area contributed by atoms with Gasteiger partial charge >= 0.3 is 12.1 Å². The Morgan fingerprint density at radius 1 is 1.19 bits per heavy atom. The van der Waals surface area contributed by atoms with Gasteiger partial charge < -0.3 is 10.1 Å². The van der Waals surface area contributed by atoms with Crippen molar-refractivity contribution in [3.8, 4) is 5.69 Å². The standard InChI is InChI=1S/C23H15F3N4O6S/c1-2-36-22(33)18-16-11-37-20(27-19(31)12-4-3-5-15(10-12)30(34)35)17(16)21(32)29(28-18)14-8-6-13(7-9-14)23(24,25)26/h3-11H,2H2,1H3,(H,27,31). The van der Waals surface area contributed by atoms with Crippen molar-refractivity contribution in [2.24, 2.45) is 0 Å². The molecule has 0 fully saturated rings. The minimum Gasteiger partial charge on any atom is -0.461 e. The van der Waals surface area contributed by atoms with Gasteiger partial charge in [-0.15, -0.1) is 11.3 Å². The number of non-ortho nitro benzene ring substituents is 1. The fourth-order valence-electron chi connectivity index (χ4n) is 3.39. The second kappa shape index (κ2) is 9.81. The number of benzene rings is 2. The Kier molecular flexibility index (Phi) is 6.76. The summed E-state index contributed by atoms with van der Waals surface area (Å²) >= 11 is 0.894. The average molecular weight is 532 g/mol. The summed E-state index contributed by atoms with van der Waals surface area (Å²) in [6.45, 7) is 1.54. The predicted octanol–water partition coefficient (Wildman–Crippen LogP) is 4.80. The van der Waals surface area contributed by atoms with Crippen LogP contribution in [0.25, 0.3) is 16.5 Å². The number of nitrogens with one attached hydrogen (secondary N) is 1. The molecule has 0 aliphatic carbocycles. The third-order valence-electron chi connectivity index (χ3n) is 5.11. The lowest BCUT2D eigenvalue weighted by atomic mass is 10.1. The fraction of sp³-hybridized carbons (Fsp3) is 0.130. The molecule has 0 saturated heterocycles. The lowest BCUT2D eigenvalue weighted by Gasteiger charge is -2.11. The Bertz CT molecular complexity index is 1600. The number of halogens is 3. The first-order valence-corrected chi connectivity index (χ1v) is 11.3. The second-order valence-corrected chi connectivity index (χ2v) is 8.33. The number of hydrogen-bond donors (Lipinski definition) is 1. The van der Waals surface area contributed by atoms with E-state index in [0.717, 1.165) is 46.4 Å². The minimum absolute atomic E-state index is 0.00474. The Balaban J connectivity index is 1.84. The number of thiophene rings is 1. The molecule has 0 spiro atoms. The summed E-state index contributed by atoms with van der Waals surface area (Å²) in [7, 11) is 0. The molecule has 0 aliphatic heterocycles. The molecule has 0 radical (unpaired) electrons. The summed E-state index contributed by atoms with van der Waals surface area (Å²) < 4.78 is 44.7. The van der Waals surface area contributed by atoms with E-state index in [1.54, 1.807) is 6.92 Å². The molecule has 4 rings (SSSR count). The summed E-state index contributed by atoms with van der Waals surface area (Å²) in [5.41, 5.74) is -2.49. The van der Waals surface area contributed by atoms with Crippen LogP contribution in [-0.2, 0) is 10.9 Å². The number of carbonyl (C=O) groups excluding carboxylic acids is 2. The van der Waals surface area contributed by atoms with E-state index in [2.05, 4.69) is 10.4 Å². The summed E-state index contributed by atoms with van der Waals surface area (Å²) in [6.07, 6.45) is -4.60. The van der Waals surface area contributed by atoms with E-state index in [1.165, 1.54) is 23.6 Å². The first-order chi connectivity index (χ1) is 17.5. The quantitative estimate of drug-likeness (QED) is 0.214. The average Bonchev–Trinajstić information content (AvgIpc) is 3.28. The number of nitro benzene ring substituents is 1. The molecule has 0 aliphatic rings. The molecule has 2 aromatic heterocycles. The van der Waals surface area contributed by atoms with Crippen LogP contribution in [0.1, 0.15) is 33.3 Å². The molecule has 0 bridgehead atoms. The third-order valence-corrected chi connectivity index (χ3v) is 6.00. The zero-order valence-electron chi connectivity index (χ0n) is 18.7. The first kappa shape index (κ1) is 25.5. The monoisotopic (exact) mass is 532 g/mol. The topological polar surface area (TPSA) is 133 Å². The van der Waals surface area contributed by atoms with E-state index in [-0.39, 0.29) is 45.0 Å². The SMILES string of the molecule is CCOC(=O)c1nn(-c2ccc(C(F)(F)F)cc2)c(=O)c2c(NC(=O)c3cccc([N+](=O)[O-])c3)scc12. The molecule has 0 atom stereocenters. The van der Waals surface area contributed by atoms with Crippen LogP contribution in [-0.4, -0.2) is 33.2 Å². The number of ether oxygens (including phenoxy) is 1. The number of alkyl halides is 3. The van der Waals surface area contributed by atoms with Crippen LogP contribution in [0, 0.1) is 10.1 Å². The number of nitro groups is 1. The smallest absolute Gasteiger partial charge is 0.416 e. The van der Waals surface area contributed by atoms with Crippen molar-refractivity contribution in [1.29, 1.82) is 0 Å². The molecule has 0 saturated carbocycles. The van der Waals surface area contributed by atoms with Crippen LogP contribution in [0.4, 0.5) is 23.9 Å². The molecule has 4 aromatic rings. The summed E-state index contributed by atoms with van der Waals surface area (Å²) in [6, 6.07) is 8.47. The van der Waals surface area contributed by atoms with Crippen molar-refractivity contribution in [3.63, 3.8) is 0 Å². The molecule has 1 amide bonds. The number of rotatable bonds is 6. The van der Waals surface area contributed by atoms with Gasteiger partial charge in [-0.3, -0.25) is 19.7 Å². The molecule has 2 heterocycles. The van der Waals surface area contributed by atoms with E-state index >= 15 is 0 Å².